The van der Waals surface area contributed by atoms with Gasteiger partial charge in [0.25, 0.3) is 5.91 Å². The maximum atomic E-state index is 13.8. The normalized spacial score (nSPS) is 12.8. The van der Waals surface area contributed by atoms with Crippen LogP contribution in [0.1, 0.15) is 49.9 Å². The fourth-order valence-electron chi connectivity index (χ4n) is 4.28. The molecule has 3 aromatic carbocycles. The van der Waals surface area contributed by atoms with Crippen molar-refractivity contribution >= 4 is 40.3 Å². The summed E-state index contributed by atoms with van der Waals surface area (Å²) < 4.78 is 5.27. The van der Waals surface area contributed by atoms with Crippen LogP contribution in [0.2, 0.25) is 0 Å². The molecule has 0 spiro atoms. The van der Waals surface area contributed by atoms with Crippen molar-refractivity contribution < 1.29 is 23.9 Å². The highest BCUT2D eigenvalue weighted by atomic mass is 16.6. The summed E-state index contributed by atoms with van der Waals surface area (Å²) in [7, 11) is 1.46. The van der Waals surface area contributed by atoms with Crippen LogP contribution in [-0.4, -0.2) is 47.4 Å². The van der Waals surface area contributed by atoms with Crippen LogP contribution < -0.4 is 16.4 Å². The van der Waals surface area contributed by atoms with E-state index in [-0.39, 0.29) is 0 Å². The van der Waals surface area contributed by atoms with Crippen LogP contribution in [-0.2, 0) is 19.1 Å². The Morgan fingerprint density at radius 1 is 0.949 bits per heavy atom. The predicted molar refractivity (Wildman–Crippen MR) is 151 cm³/mol. The summed E-state index contributed by atoms with van der Waals surface area (Å²) >= 11 is 0. The zero-order valence-corrected chi connectivity index (χ0v) is 23.2. The fraction of sp³-hybridized carbons (Fsp3) is 0.333. The van der Waals surface area contributed by atoms with Crippen molar-refractivity contribution in [1.82, 2.24) is 10.2 Å². The van der Waals surface area contributed by atoms with Crippen molar-refractivity contribution in [2.75, 3.05) is 12.4 Å². The number of aryl methyl sites for hydroxylation is 2. The number of anilines is 1. The van der Waals surface area contributed by atoms with Crippen molar-refractivity contribution in [3.63, 3.8) is 0 Å². The van der Waals surface area contributed by atoms with E-state index in [2.05, 4.69) is 10.6 Å². The second kappa shape index (κ2) is 12.0. The molecule has 0 aromatic heterocycles. The Kier molecular flexibility index (Phi) is 8.96. The van der Waals surface area contributed by atoms with Crippen molar-refractivity contribution in [3.05, 3.63) is 77.4 Å². The lowest BCUT2D eigenvalue weighted by atomic mass is 9.96. The molecule has 0 aliphatic carbocycles. The maximum Gasteiger partial charge on any atom is 0.408 e. The fourth-order valence-corrected chi connectivity index (χ4v) is 4.28. The van der Waals surface area contributed by atoms with Crippen molar-refractivity contribution in [2.45, 2.75) is 58.7 Å². The lowest BCUT2D eigenvalue weighted by Gasteiger charge is -2.32. The third-order valence-electron chi connectivity index (χ3n) is 6.12. The number of benzene rings is 3. The lowest BCUT2D eigenvalue weighted by molar-refractivity contribution is -0.140. The monoisotopic (exact) mass is 532 g/mol. The van der Waals surface area contributed by atoms with Crippen LogP contribution in [0.15, 0.2) is 60.7 Å². The Hall–Kier alpha value is -4.40. The number of rotatable bonds is 8. The summed E-state index contributed by atoms with van der Waals surface area (Å²) in [5.41, 5.74) is 7.45. The number of alkyl carbamates (subject to hydrolysis) is 1. The molecule has 0 bridgehead atoms. The van der Waals surface area contributed by atoms with Gasteiger partial charge in [0.2, 0.25) is 11.8 Å². The quantitative estimate of drug-likeness (QED) is 0.397. The summed E-state index contributed by atoms with van der Waals surface area (Å²) in [4.78, 5) is 53.0. The molecule has 0 saturated carbocycles. The highest BCUT2D eigenvalue weighted by molar-refractivity contribution is 6.01. The SMILES string of the molecule is Cc1ccc(C)c(C(C(=O)Nc2ccc3ccccc3c2)N(C)C(=O)C(CC(N)=O)NC(=O)OC(C)(C)C)c1. The maximum absolute atomic E-state index is 13.8. The number of primary amides is 1. The molecule has 3 aromatic rings. The van der Waals surface area contributed by atoms with E-state index >= 15 is 0 Å². The molecule has 0 saturated heterocycles. The minimum Gasteiger partial charge on any atom is -0.444 e. The smallest absolute Gasteiger partial charge is 0.408 e. The molecule has 9 heteroatoms. The number of hydrogen-bond donors (Lipinski definition) is 3. The number of hydrogen-bond acceptors (Lipinski definition) is 5. The number of ether oxygens (including phenoxy) is 1. The van der Waals surface area contributed by atoms with Crippen LogP contribution in [0.5, 0.6) is 0 Å². The topological polar surface area (TPSA) is 131 Å². The molecule has 0 aliphatic rings. The summed E-state index contributed by atoms with van der Waals surface area (Å²) in [6.07, 6.45) is -1.34. The van der Waals surface area contributed by atoms with E-state index < -0.39 is 47.9 Å². The van der Waals surface area contributed by atoms with Gasteiger partial charge >= 0.3 is 6.09 Å². The largest absolute Gasteiger partial charge is 0.444 e. The second-order valence-electron chi connectivity index (χ2n) is 10.6. The van der Waals surface area contributed by atoms with E-state index in [9.17, 15) is 19.2 Å². The number of amides is 4. The molecule has 4 N–H and O–H groups in total. The van der Waals surface area contributed by atoms with Crippen molar-refractivity contribution in [1.29, 1.82) is 0 Å². The molecule has 0 radical (unpaired) electrons. The molecule has 2 atom stereocenters. The van der Waals surface area contributed by atoms with Gasteiger partial charge in [0, 0.05) is 12.7 Å². The third kappa shape index (κ3) is 7.80. The van der Waals surface area contributed by atoms with E-state index in [0.29, 0.717) is 11.3 Å². The molecule has 3 rings (SSSR count). The zero-order valence-electron chi connectivity index (χ0n) is 23.2. The van der Waals surface area contributed by atoms with Gasteiger partial charge in [-0.1, -0.05) is 54.1 Å². The van der Waals surface area contributed by atoms with Gasteiger partial charge in [-0.3, -0.25) is 14.4 Å². The average Bonchev–Trinajstić information content (AvgIpc) is 2.83. The molecular weight excluding hydrogens is 496 g/mol. The standard InChI is InChI=1S/C30H36N4O5/c1-18-11-12-19(2)23(15-18)26(27(36)32-22-14-13-20-9-7-8-10-21(20)16-22)34(6)28(37)24(17-25(31)35)33-29(38)39-30(3,4)5/h7-16,24,26H,17H2,1-6H3,(H2,31,35)(H,32,36)(H,33,38). The van der Waals surface area contributed by atoms with Crippen LogP contribution >= 0.6 is 0 Å². The molecule has 0 aliphatic heterocycles. The number of nitrogens with zero attached hydrogens (tertiary/aromatic N) is 1. The molecule has 9 nitrogen and oxygen atoms in total. The molecule has 206 valence electrons. The molecule has 0 fully saturated rings. The number of carbonyl (C=O) groups excluding carboxylic acids is 4. The van der Waals surface area contributed by atoms with Gasteiger partial charge in [-0.05, 0) is 68.7 Å². The molecule has 2 unspecified atom stereocenters. The van der Waals surface area contributed by atoms with E-state index in [1.54, 1.807) is 26.8 Å². The van der Waals surface area contributed by atoms with Gasteiger partial charge in [0.15, 0.2) is 0 Å². The van der Waals surface area contributed by atoms with Crippen molar-refractivity contribution in [2.24, 2.45) is 5.73 Å². The number of fused-ring (bicyclic) bond motifs is 1. The van der Waals surface area contributed by atoms with Crippen LogP contribution in [0, 0.1) is 13.8 Å². The highest BCUT2D eigenvalue weighted by Gasteiger charge is 2.35. The summed E-state index contributed by atoms with van der Waals surface area (Å²) in [6.45, 7) is 8.78. The predicted octanol–water partition coefficient (Wildman–Crippen LogP) is 4.36. The first-order valence-corrected chi connectivity index (χ1v) is 12.7. The Morgan fingerprint density at radius 3 is 2.26 bits per heavy atom. The highest BCUT2D eigenvalue weighted by Crippen LogP contribution is 2.28. The second-order valence-corrected chi connectivity index (χ2v) is 10.6. The summed E-state index contributed by atoms with van der Waals surface area (Å²) in [5, 5.41) is 7.35. The van der Waals surface area contributed by atoms with E-state index in [4.69, 9.17) is 10.5 Å². The Labute approximate surface area is 228 Å². The third-order valence-corrected chi connectivity index (χ3v) is 6.12. The van der Waals surface area contributed by atoms with Gasteiger partial charge in [-0.2, -0.15) is 0 Å². The Bertz CT molecular complexity index is 1400. The van der Waals surface area contributed by atoms with E-state index in [1.165, 1.54) is 11.9 Å². The number of carbonyl (C=O) groups is 4. The van der Waals surface area contributed by atoms with Gasteiger partial charge in [0.1, 0.15) is 17.7 Å². The first kappa shape index (κ1) is 29.2. The zero-order chi connectivity index (χ0) is 28.9. The lowest BCUT2D eigenvalue weighted by Crippen LogP contribution is -2.52. The number of nitrogens with two attached hydrogens (primary N) is 1. The molecule has 4 amide bonds. The first-order valence-electron chi connectivity index (χ1n) is 12.7. The van der Waals surface area contributed by atoms with Gasteiger partial charge < -0.3 is 26.0 Å². The van der Waals surface area contributed by atoms with Crippen LogP contribution in [0.4, 0.5) is 10.5 Å². The van der Waals surface area contributed by atoms with Gasteiger partial charge in [0.05, 0.1) is 6.42 Å². The summed E-state index contributed by atoms with van der Waals surface area (Å²) in [5.74, 6) is -1.91. The van der Waals surface area contributed by atoms with Gasteiger partial charge in [-0.25, -0.2) is 4.79 Å². The minimum atomic E-state index is -1.33. The first-order chi connectivity index (χ1) is 18.2. The average molecular weight is 533 g/mol. The number of likely N-dealkylation sites (N-methyl/N-ethyl adjacent to an activating group) is 1. The van der Waals surface area contributed by atoms with Crippen molar-refractivity contribution in [3.8, 4) is 0 Å². The van der Waals surface area contributed by atoms with E-state index in [1.807, 2.05) is 68.4 Å². The Balaban J connectivity index is 1.97. The minimum absolute atomic E-state index is 0.454. The Morgan fingerprint density at radius 2 is 1.62 bits per heavy atom. The molecular formula is C30H36N4O5. The van der Waals surface area contributed by atoms with E-state index in [0.717, 1.165) is 21.9 Å². The summed E-state index contributed by atoms with van der Waals surface area (Å²) in [6, 6.07) is 16.6. The van der Waals surface area contributed by atoms with Gasteiger partial charge in [-0.15, -0.1) is 0 Å². The number of nitrogens with one attached hydrogen (secondary N) is 2. The molecule has 0 heterocycles. The van der Waals surface area contributed by atoms with Crippen LogP contribution in [0.3, 0.4) is 0 Å². The van der Waals surface area contributed by atoms with Crippen LogP contribution in [0.25, 0.3) is 10.8 Å². The molecule has 39 heavy (non-hydrogen) atoms.